The highest BCUT2D eigenvalue weighted by Gasteiger charge is 2.23. The van der Waals surface area contributed by atoms with Crippen LogP contribution in [0.15, 0.2) is 0 Å². The Labute approximate surface area is 94.2 Å². The number of nitrogens with one attached hydrogen (secondary N) is 1. The predicted octanol–water partition coefficient (Wildman–Crippen LogP) is 1.54. The minimum atomic E-state index is 0.474. The van der Waals surface area contributed by atoms with E-state index in [-0.39, 0.29) is 0 Å². The molecule has 0 bridgehead atoms. The zero-order valence-corrected chi connectivity index (χ0v) is 9.85. The lowest BCUT2D eigenvalue weighted by molar-refractivity contribution is 0.193. The fourth-order valence-electron chi connectivity index (χ4n) is 1.78. The molecule has 0 radical (unpaired) electrons. The SMILES string of the molecule is CCCNCc1snnc1C1CCOC1. The van der Waals surface area contributed by atoms with Crippen molar-refractivity contribution in [1.29, 1.82) is 0 Å². The molecule has 1 aliphatic heterocycles. The number of aromatic nitrogens is 2. The topological polar surface area (TPSA) is 47.0 Å². The molecule has 15 heavy (non-hydrogen) atoms. The first kappa shape index (κ1) is 11.0. The Kier molecular flexibility index (Phi) is 4.05. The normalized spacial score (nSPS) is 21.0. The molecule has 2 heterocycles. The molecule has 5 heteroatoms. The van der Waals surface area contributed by atoms with Crippen molar-refractivity contribution in [2.24, 2.45) is 0 Å². The van der Waals surface area contributed by atoms with Crippen molar-refractivity contribution < 1.29 is 4.74 Å². The van der Waals surface area contributed by atoms with E-state index in [1.165, 1.54) is 16.4 Å². The molecule has 1 fully saturated rings. The number of nitrogens with zero attached hydrogens (tertiary/aromatic N) is 2. The van der Waals surface area contributed by atoms with Gasteiger partial charge in [-0.15, -0.1) is 5.10 Å². The van der Waals surface area contributed by atoms with E-state index in [2.05, 4.69) is 21.8 Å². The second-order valence-electron chi connectivity index (χ2n) is 3.82. The molecule has 0 aliphatic carbocycles. The fraction of sp³-hybridized carbons (Fsp3) is 0.800. The molecular formula is C10H17N3OS. The fourth-order valence-corrected chi connectivity index (χ4v) is 2.47. The summed E-state index contributed by atoms with van der Waals surface area (Å²) in [7, 11) is 0. The highest BCUT2D eigenvalue weighted by Crippen LogP contribution is 2.27. The van der Waals surface area contributed by atoms with Crippen LogP contribution in [0.4, 0.5) is 0 Å². The van der Waals surface area contributed by atoms with E-state index in [0.717, 1.165) is 44.8 Å². The molecule has 0 aromatic carbocycles. The Morgan fingerprint density at radius 1 is 1.60 bits per heavy atom. The number of ether oxygens (including phenoxy) is 1. The third-order valence-corrected chi connectivity index (χ3v) is 3.35. The first-order valence-electron chi connectivity index (χ1n) is 5.51. The van der Waals surface area contributed by atoms with E-state index >= 15 is 0 Å². The molecule has 0 spiro atoms. The van der Waals surface area contributed by atoms with E-state index in [9.17, 15) is 0 Å². The van der Waals surface area contributed by atoms with Gasteiger partial charge in [-0.3, -0.25) is 0 Å². The third kappa shape index (κ3) is 2.74. The van der Waals surface area contributed by atoms with Crippen LogP contribution in [-0.2, 0) is 11.3 Å². The van der Waals surface area contributed by atoms with Gasteiger partial charge in [-0.25, -0.2) is 0 Å². The minimum absolute atomic E-state index is 0.474. The molecular weight excluding hydrogens is 210 g/mol. The first-order chi connectivity index (χ1) is 7.42. The predicted molar refractivity (Wildman–Crippen MR) is 60.1 cm³/mol. The number of rotatable bonds is 5. The van der Waals surface area contributed by atoms with Crippen molar-refractivity contribution in [2.75, 3.05) is 19.8 Å². The summed E-state index contributed by atoms with van der Waals surface area (Å²) in [6.45, 7) is 5.80. The zero-order valence-electron chi connectivity index (χ0n) is 9.03. The Morgan fingerprint density at radius 3 is 3.27 bits per heavy atom. The van der Waals surface area contributed by atoms with Gasteiger partial charge >= 0.3 is 0 Å². The summed E-state index contributed by atoms with van der Waals surface area (Å²) in [4.78, 5) is 1.28. The van der Waals surface area contributed by atoms with Crippen LogP contribution in [0.3, 0.4) is 0 Å². The van der Waals surface area contributed by atoms with Gasteiger partial charge in [0.2, 0.25) is 0 Å². The van der Waals surface area contributed by atoms with Crippen molar-refractivity contribution in [3.63, 3.8) is 0 Å². The Hall–Kier alpha value is -0.520. The highest BCUT2D eigenvalue weighted by molar-refractivity contribution is 7.05. The van der Waals surface area contributed by atoms with Gasteiger partial charge in [-0.05, 0) is 30.9 Å². The van der Waals surface area contributed by atoms with Gasteiger partial charge in [-0.1, -0.05) is 11.4 Å². The molecule has 1 aliphatic rings. The van der Waals surface area contributed by atoms with Crippen molar-refractivity contribution in [1.82, 2.24) is 14.9 Å². The van der Waals surface area contributed by atoms with Crippen molar-refractivity contribution in [3.05, 3.63) is 10.6 Å². The average Bonchev–Trinajstić information content (AvgIpc) is 2.87. The summed E-state index contributed by atoms with van der Waals surface area (Å²) in [5.41, 5.74) is 1.15. The lowest BCUT2D eigenvalue weighted by Crippen LogP contribution is -2.15. The zero-order chi connectivity index (χ0) is 10.5. The molecule has 1 atom stereocenters. The largest absolute Gasteiger partial charge is 0.381 e. The summed E-state index contributed by atoms with van der Waals surface area (Å²) in [6.07, 6.45) is 2.25. The van der Waals surface area contributed by atoms with Crippen LogP contribution in [0.1, 0.15) is 36.3 Å². The quantitative estimate of drug-likeness (QED) is 0.775. The van der Waals surface area contributed by atoms with E-state index in [1.54, 1.807) is 0 Å². The maximum absolute atomic E-state index is 5.38. The lowest BCUT2D eigenvalue weighted by Gasteiger charge is -2.06. The van der Waals surface area contributed by atoms with Crippen LogP contribution >= 0.6 is 11.5 Å². The van der Waals surface area contributed by atoms with Crippen molar-refractivity contribution in [3.8, 4) is 0 Å². The van der Waals surface area contributed by atoms with Crippen molar-refractivity contribution >= 4 is 11.5 Å². The first-order valence-corrected chi connectivity index (χ1v) is 6.28. The highest BCUT2D eigenvalue weighted by atomic mass is 32.1. The molecule has 84 valence electrons. The molecule has 4 nitrogen and oxygen atoms in total. The van der Waals surface area contributed by atoms with Gasteiger partial charge in [0, 0.05) is 19.1 Å². The van der Waals surface area contributed by atoms with Gasteiger partial charge < -0.3 is 10.1 Å². The van der Waals surface area contributed by atoms with E-state index in [4.69, 9.17) is 4.74 Å². The second kappa shape index (κ2) is 5.53. The molecule has 1 unspecified atom stereocenters. The van der Waals surface area contributed by atoms with Gasteiger partial charge in [0.15, 0.2) is 0 Å². The van der Waals surface area contributed by atoms with Gasteiger partial charge in [-0.2, -0.15) is 0 Å². The van der Waals surface area contributed by atoms with Crippen LogP contribution in [0, 0.1) is 0 Å². The summed E-state index contributed by atoms with van der Waals surface area (Å²) in [6, 6.07) is 0. The average molecular weight is 227 g/mol. The van der Waals surface area contributed by atoms with Crippen LogP contribution in [0.25, 0.3) is 0 Å². The van der Waals surface area contributed by atoms with Crippen LogP contribution < -0.4 is 5.32 Å². The van der Waals surface area contributed by atoms with E-state index in [1.807, 2.05) is 0 Å². The monoisotopic (exact) mass is 227 g/mol. The van der Waals surface area contributed by atoms with Gasteiger partial charge in [0.25, 0.3) is 0 Å². The molecule has 0 saturated carbocycles. The van der Waals surface area contributed by atoms with Crippen LogP contribution in [-0.4, -0.2) is 29.3 Å². The van der Waals surface area contributed by atoms with Crippen LogP contribution in [0.2, 0.25) is 0 Å². The smallest absolute Gasteiger partial charge is 0.0855 e. The van der Waals surface area contributed by atoms with Crippen LogP contribution in [0.5, 0.6) is 0 Å². The number of hydrogen-bond acceptors (Lipinski definition) is 5. The van der Waals surface area contributed by atoms with E-state index < -0.39 is 0 Å². The lowest BCUT2D eigenvalue weighted by atomic mass is 10.0. The maximum atomic E-state index is 5.38. The molecule has 1 saturated heterocycles. The van der Waals surface area contributed by atoms with Crippen molar-refractivity contribution in [2.45, 2.75) is 32.2 Å². The Morgan fingerprint density at radius 2 is 2.53 bits per heavy atom. The standard InChI is InChI=1S/C10H17N3OS/c1-2-4-11-6-9-10(12-13-15-9)8-3-5-14-7-8/h8,11H,2-7H2,1H3. The summed E-state index contributed by atoms with van der Waals surface area (Å²) in [5, 5.41) is 7.62. The third-order valence-electron chi connectivity index (χ3n) is 2.61. The maximum Gasteiger partial charge on any atom is 0.0855 e. The molecule has 1 N–H and O–H groups in total. The number of hydrogen-bond donors (Lipinski definition) is 1. The Bertz CT molecular complexity index is 297. The molecule has 1 aromatic heterocycles. The summed E-state index contributed by atoms with van der Waals surface area (Å²) >= 11 is 1.51. The van der Waals surface area contributed by atoms with Gasteiger partial charge in [0.05, 0.1) is 17.2 Å². The Balaban J connectivity index is 1.95. The summed E-state index contributed by atoms with van der Waals surface area (Å²) in [5.74, 6) is 0.474. The molecule has 0 amide bonds. The van der Waals surface area contributed by atoms with Gasteiger partial charge in [0.1, 0.15) is 0 Å². The minimum Gasteiger partial charge on any atom is -0.381 e. The summed E-state index contributed by atoms with van der Waals surface area (Å²) < 4.78 is 9.42. The second-order valence-corrected chi connectivity index (χ2v) is 4.66. The molecule has 2 rings (SSSR count). The molecule has 1 aromatic rings. The van der Waals surface area contributed by atoms with E-state index in [0.29, 0.717) is 5.92 Å².